The Morgan fingerprint density at radius 1 is 1.07 bits per heavy atom. The highest BCUT2D eigenvalue weighted by molar-refractivity contribution is 5.92. The second kappa shape index (κ2) is 10.6. The predicted molar refractivity (Wildman–Crippen MR) is 115 cm³/mol. The summed E-state index contributed by atoms with van der Waals surface area (Å²) in [6.07, 6.45) is 4.66. The van der Waals surface area contributed by atoms with Crippen LogP contribution < -0.4 is 15.5 Å². The molecule has 1 heterocycles. The average Bonchev–Trinajstić information content (AvgIpc) is 2.70. The van der Waals surface area contributed by atoms with Gasteiger partial charge in [0.1, 0.15) is 0 Å². The fraction of sp³-hybridized carbons (Fsp3) is 0.636. The van der Waals surface area contributed by atoms with E-state index in [4.69, 9.17) is 4.74 Å². The van der Waals surface area contributed by atoms with E-state index in [9.17, 15) is 9.59 Å². The highest BCUT2D eigenvalue weighted by Gasteiger charge is 2.23. The molecule has 1 saturated heterocycles. The fourth-order valence-electron chi connectivity index (χ4n) is 4.11. The van der Waals surface area contributed by atoms with Crippen molar-refractivity contribution in [3.63, 3.8) is 0 Å². The standard InChI is InChI=1S/C22H34N4O3/c1-17-5-3-4-6-20(17)24-22(28)16-25(2)15-21(27)23-18-7-9-19(10-8-18)26-11-13-29-14-12-26/h7-10,17,20H,3-6,11-16H2,1-2H3,(H,23,27)(H,24,28). The van der Waals surface area contributed by atoms with Crippen molar-refractivity contribution in [2.45, 2.75) is 38.6 Å². The van der Waals surface area contributed by atoms with E-state index >= 15 is 0 Å². The van der Waals surface area contributed by atoms with Gasteiger partial charge < -0.3 is 20.3 Å². The molecule has 0 bridgehead atoms. The van der Waals surface area contributed by atoms with Crippen LogP contribution in [0.4, 0.5) is 11.4 Å². The van der Waals surface area contributed by atoms with Crippen LogP contribution in [-0.2, 0) is 14.3 Å². The van der Waals surface area contributed by atoms with Gasteiger partial charge in [-0.2, -0.15) is 0 Å². The smallest absolute Gasteiger partial charge is 0.238 e. The maximum absolute atomic E-state index is 12.3. The number of likely N-dealkylation sites (N-methyl/N-ethyl adjacent to an activating group) is 1. The van der Waals surface area contributed by atoms with Crippen LogP contribution in [0.25, 0.3) is 0 Å². The SMILES string of the molecule is CC1CCCCC1NC(=O)CN(C)CC(=O)Nc1ccc(N2CCOCC2)cc1. The fourth-order valence-corrected chi connectivity index (χ4v) is 4.11. The first kappa shape index (κ1) is 21.6. The van der Waals surface area contributed by atoms with Gasteiger partial charge in [0, 0.05) is 30.5 Å². The molecule has 2 amide bonds. The minimum atomic E-state index is -0.120. The van der Waals surface area contributed by atoms with E-state index in [1.54, 1.807) is 11.9 Å². The molecule has 0 aromatic heterocycles. The Bertz CT molecular complexity index is 673. The second-order valence-corrected chi connectivity index (χ2v) is 8.30. The van der Waals surface area contributed by atoms with Gasteiger partial charge in [-0.15, -0.1) is 0 Å². The third kappa shape index (κ3) is 6.72. The largest absolute Gasteiger partial charge is 0.378 e. The van der Waals surface area contributed by atoms with E-state index in [2.05, 4.69) is 22.5 Å². The lowest BCUT2D eigenvalue weighted by Gasteiger charge is -2.30. The molecule has 1 aromatic carbocycles. The monoisotopic (exact) mass is 402 g/mol. The van der Waals surface area contributed by atoms with Crippen molar-refractivity contribution >= 4 is 23.2 Å². The number of nitrogens with one attached hydrogen (secondary N) is 2. The Balaban J connectivity index is 1.40. The van der Waals surface area contributed by atoms with Crippen LogP contribution >= 0.6 is 0 Å². The van der Waals surface area contributed by atoms with Crippen LogP contribution in [0.3, 0.4) is 0 Å². The molecule has 1 aliphatic heterocycles. The zero-order chi connectivity index (χ0) is 20.6. The van der Waals surface area contributed by atoms with Gasteiger partial charge in [-0.05, 0) is 50.1 Å². The first-order chi connectivity index (χ1) is 14.0. The summed E-state index contributed by atoms with van der Waals surface area (Å²) in [5, 5.41) is 6.04. The van der Waals surface area contributed by atoms with E-state index in [0.717, 1.165) is 44.1 Å². The van der Waals surface area contributed by atoms with Crippen molar-refractivity contribution in [3.05, 3.63) is 24.3 Å². The van der Waals surface area contributed by atoms with E-state index in [1.807, 2.05) is 24.3 Å². The molecular formula is C22H34N4O3. The van der Waals surface area contributed by atoms with Crippen LogP contribution in [-0.4, -0.2) is 69.2 Å². The molecule has 3 rings (SSSR count). The molecule has 0 radical (unpaired) electrons. The predicted octanol–water partition coefficient (Wildman–Crippen LogP) is 2.09. The van der Waals surface area contributed by atoms with E-state index in [1.165, 1.54) is 19.3 Å². The quantitative estimate of drug-likeness (QED) is 0.731. The lowest BCUT2D eigenvalue weighted by atomic mass is 9.86. The molecule has 1 aliphatic carbocycles. The molecule has 1 saturated carbocycles. The molecular weight excluding hydrogens is 368 g/mol. The lowest BCUT2D eigenvalue weighted by Crippen LogP contribution is -2.46. The van der Waals surface area contributed by atoms with Crippen molar-refractivity contribution in [3.8, 4) is 0 Å². The highest BCUT2D eigenvalue weighted by Crippen LogP contribution is 2.23. The maximum Gasteiger partial charge on any atom is 0.238 e. The van der Waals surface area contributed by atoms with E-state index in [-0.39, 0.29) is 30.9 Å². The van der Waals surface area contributed by atoms with Gasteiger partial charge in [0.2, 0.25) is 11.8 Å². The number of hydrogen-bond acceptors (Lipinski definition) is 5. The highest BCUT2D eigenvalue weighted by atomic mass is 16.5. The zero-order valence-corrected chi connectivity index (χ0v) is 17.7. The van der Waals surface area contributed by atoms with Crippen LogP contribution in [0.15, 0.2) is 24.3 Å². The summed E-state index contributed by atoms with van der Waals surface area (Å²) >= 11 is 0. The van der Waals surface area contributed by atoms with Crippen LogP contribution in [0.5, 0.6) is 0 Å². The van der Waals surface area contributed by atoms with E-state index < -0.39 is 0 Å². The van der Waals surface area contributed by atoms with Gasteiger partial charge in [0.25, 0.3) is 0 Å². The number of ether oxygens (including phenoxy) is 1. The third-order valence-electron chi connectivity index (χ3n) is 5.81. The van der Waals surface area contributed by atoms with Crippen LogP contribution in [0, 0.1) is 5.92 Å². The Morgan fingerprint density at radius 3 is 2.41 bits per heavy atom. The van der Waals surface area contributed by atoms with Gasteiger partial charge in [-0.3, -0.25) is 14.5 Å². The Morgan fingerprint density at radius 2 is 1.72 bits per heavy atom. The van der Waals surface area contributed by atoms with Gasteiger partial charge in [0.05, 0.1) is 26.3 Å². The molecule has 2 unspecified atom stereocenters. The molecule has 29 heavy (non-hydrogen) atoms. The normalized spacial score (nSPS) is 22.4. The summed E-state index contributed by atoms with van der Waals surface area (Å²) in [4.78, 5) is 28.6. The number of carbonyl (C=O) groups is 2. The number of rotatable bonds is 7. The second-order valence-electron chi connectivity index (χ2n) is 8.30. The minimum Gasteiger partial charge on any atom is -0.378 e. The lowest BCUT2D eigenvalue weighted by molar-refractivity contribution is -0.124. The number of amides is 2. The van der Waals surface area contributed by atoms with Gasteiger partial charge in [0.15, 0.2) is 0 Å². The minimum absolute atomic E-state index is 0.00564. The van der Waals surface area contributed by atoms with Crippen molar-refractivity contribution in [2.24, 2.45) is 5.92 Å². The first-order valence-electron chi connectivity index (χ1n) is 10.7. The summed E-state index contributed by atoms with van der Waals surface area (Å²) < 4.78 is 5.38. The van der Waals surface area contributed by atoms with Crippen LogP contribution in [0.2, 0.25) is 0 Å². The molecule has 7 heteroatoms. The molecule has 2 N–H and O–H groups in total. The molecule has 7 nitrogen and oxygen atoms in total. The van der Waals surface area contributed by atoms with Crippen LogP contribution in [0.1, 0.15) is 32.6 Å². The molecule has 2 fully saturated rings. The molecule has 1 aromatic rings. The molecule has 0 spiro atoms. The number of hydrogen-bond donors (Lipinski definition) is 2. The Hall–Kier alpha value is -2.12. The van der Waals surface area contributed by atoms with Crippen molar-refractivity contribution < 1.29 is 14.3 Å². The Labute approximate surface area is 173 Å². The number of morpholine rings is 1. The summed E-state index contributed by atoms with van der Waals surface area (Å²) in [5.41, 5.74) is 1.90. The molecule has 2 atom stereocenters. The topological polar surface area (TPSA) is 73.9 Å². The molecule has 160 valence electrons. The number of anilines is 2. The molecule has 2 aliphatic rings. The average molecular weight is 403 g/mol. The van der Waals surface area contributed by atoms with Crippen molar-refractivity contribution in [2.75, 3.05) is 56.7 Å². The summed E-state index contributed by atoms with van der Waals surface area (Å²) in [5.74, 6) is 0.404. The first-order valence-corrected chi connectivity index (χ1v) is 10.7. The zero-order valence-electron chi connectivity index (χ0n) is 17.7. The van der Waals surface area contributed by atoms with Crippen molar-refractivity contribution in [1.82, 2.24) is 10.2 Å². The third-order valence-corrected chi connectivity index (χ3v) is 5.81. The maximum atomic E-state index is 12.3. The van der Waals surface area contributed by atoms with Crippen molar-refractivity contribution in [1.29, 1.82) is 0 Å². The summed E-state index contributed by atoms with van der Waals surface area (Å²) in [6.45, 7) is 5.88. The Kier molecular flexibility index (Phi) is 7.89. The van der Waals surface area contributed by atoms with Gasteiger partial charge >= 0.3 is 0 Å². The summed E-state index contributed by atoms with van der Waals surface area (Å²) in [6, 6.07) is 8.13. The van der Waals surface area contributed by atoms with E-state index in [0.29, 0.717) is 5.92 Å². The number of nitrogens with zero attached hydrogens (tertiary/aromatic N) is 2. The van der Waals surface area contributed by atoms with Gasteiger partial charge in [-0.25, -0.2) is 0 Å². The number of carbonyl (C=O) groups excluding carboxylic acids is 2. The number of benzene rings is 1. The van der Waals surface area contributed by atoms with Gasteiger partial charge in [-0.1, -0.05) is 19.8 Å². The summed E-state index contributed by atoms with van der Waals surface area (Å²) in [7, 11) is 1.80.